The molecule has 1 N–H and O–H groups in total. The SMILES string of the molecule is CCN(C(=O)CCC(=O)O)[C@H]1c2ccccc2N(C(=O)c2ccc(F)cc2)[C@@H]2CCC[C@@H]21. The number of amides is 2. The summed E-state index contributed by atoms with van der Waals surface area (Å²) in [5.74, 6) is -1.68. The predicted octanol–water partition coefficient (Wildman–Crippen LogP) is 4.41. The van der Waals surface area contributed by atoms with E-state index in [9.17, 15) is 18.8 Å². The lowest BCUT2D eigenvalue weighted by Gasteiger charge is -2.47. The highest BCUT2D eigenvalue weighted by Gasteiger charge is 2.48. The first kappa shape index (κ1) is 22.0. The molecule has 0 saturated heterocycles. The molecular formula is C25H27FN2O4. The lowest BCUT2D eigenvalue weighted by Crippen LogP contribution is -2.52. The topological polar surface area (TPSA) is 77.9 Å². The monoisotopic (exact) mass is 438 g/mol. The highest BCUT2D eigenvalue weighted by Crippen LogP contribution is 2.50. The molecule has 0 radical (unpaired) electrons. The first-order chi connectivity index (χ1) is 15.4. The Bertz CT molecular complexity index is 1020. The molecule has 1 saturated carbocycles. The molecule has 2 aromatic carbocycles. The van der Waals surface area contributed by atoms with Gasteiger partial charge in [-0.1, -0.05) is 24.6 Å². The number of halogens is 1. The summed E-state index contributed by atoms with van der Waals surface area (Å²) in [6.45, 7) is 2.37. The van der Waals surface area contributed by atoms with Gasteiger partial charge in [-0.15, -0.1) is 0 Å². The van der Waals surface area contributed by atoms with Gasteiger partial charge >= 0.3 is 5.97 Å². The summed E-state index contributed by atoms with van der Waals surface area (Å²) in [7, 11) is 0. The van der Waals surface area contributed by atoms with E-state index in [1.54, 1.807) is 4.90 Å². The van der Waals surface area contributed by atoms with Gasteiger partial charge in [0.1, 0.15) is 5.82 Å². The second-order valence-electron chi connectivity index (χ2n) is 8.42. The summed E-state index contributed by atoms with van der Waals surface area (Å²) in [5, 5.41) is 9.02. The molecular weight excluding hydrogens is 411 g/mol. The van der Waals surface area contributed by atoms with Crippen LogP contribution in [0.1, 0.15) is 61.0 Å². The maximum Gasteiger partial charge on any atom is 0.303 e. The van der Waals surface area contributed by atoms with Gasteiger partial charge in [-0.3, -0.25) is 14.4 Å². The van der Waals surface area contributed by atoms with E-state index >= 15 is 0 Å². The summed E-state index contributed by atoms with van der Waals surface area (Å²) in [4.78, 5) is 41.1. The lowest BCUT2D eigenvalue weighted by atomic mass is 9.81. The number of benzene rings is 2. The molecule has 2 aromatic rings. The van der Waals surface area contributed by atoms with Gasteiger partial charge in [0, 0.05) is 36.2 Å². The number of carboxylic acid groups (broad SMARTS) is 1. The molecule has 1 aliphatic heterocycles. The van der Waals surface area contributed by atoms with Crippen LogP contribution < -0.4 is 4.90 Å². The molecule has 168 valence electrons. The van der Waals surface area contributed by atoms with Crippen molar-refractivity contribution >= 4 is 23.5 Å². The van der Waals surface area contributed by atoms with Gasteiger partial charge in [0.2, 0.25) is 5.91 Å². The summed E-state index contributed by atoms with van der Waals surface area (Å²) in [6, 6.07) is 12.9. The van der Waals surface area contributed by atoms with Crippen molar-refractivity contribution in [3.8, 4) is 0 Å². The van der Waals surface area contributed by atoms with Crippen molar-refractivity contribution in [2.75, 3.05) is 11.4 Å². The normalized spacial score (nSPS) is 21.6. The fraction of sp³-hybridized carbons (Fsp3) is 0.400. The second kappa shape index (κ2) is 9.10. The molecule has 1 fully saturated rings. The Kier molecular flexibility index (Phi) is 6.26. The molecule has 0 unspecified atom stereocenters. The first-order valence-corrected chi connectivity index (χ1v) is 11.1. The number of rotatable bonds is 6. The number of aliphatic carboxylic acids is 1. The molecule has 1 aliphatic carbocycles. The van der Waals surface area contributed by atoms with E-state index in [-0.39, 0.29) is 42.7 Å². The predicted molar refractivity (Wildman–Crippen MR) is 118 cm³/mol. The molecule has 2 amide bonds. The fourth-order valence-corrected chi connectivity index (χ4v) is 5.30. The van der Waals surface area contributed by atoms with Gasteiger partial charge < -0.3 is 14.9 Å². The van der Waals surface area contributed by atoms with Crippen molar-refractivity contribution in [3.05, 3.63) is 65.5 Å². The van der Waals surface area contributed by atoms with E-state index in [4.69, 9.17) is 5.11 Å². The number of hydrogen-bond acceptors (Lipinski definition) is 3. The minimum atomic E-state index is -0.992. The number of anilines is 1. The quantitative estimate of drug-likeness (QED) is 0.725. The van der Waals surface area contributed by atoms with Crippen LogP contribution in [0.3, 0.4) is 0 Å². The van der Waals surface area contributed by atoms with Crippen LogP contribution in [0.15, 0.2) is 48.5 Å². The Balaban J connectivity index is 1.75. The van der Waals surface area contributed by atoms with Crippen molar-refractivity contribution in [1.29, 1.82) is 0 Å². The van der Waals surface area contributed by atoms with Gasteiger partial charge in [-0.05, 0) is 55.7 Å². The molecule has 1 heterocycles. The number of carboxylic acids is 1. The number of carbonyl (C=O) groups is 3. The zero-order valence-corrected chi connectivity index (χ0v) is 18.0. The molecule has 32 heavy (non-hydrogen) atoms. The van der Waals surface area contributed by atoms with E-state index in [2.05, 4.69) is 0 Å². The minimum Gasteiger partial charge on any atom is -0.481 e. The summed E-state index contributed by atoms with van der Waals surface area (Å²) < 4.78 is 13.4. The van der Waals surface area contributed by atoms with Gasteiger partial charge in [0.05, 0.1) is 12.5 Å². The van der Waals surface area contributed by atoms with E-state index in [0.29, 0.717) is 12.1 Å². The second-order valence-corrected chi connectivity index (χ2v) is 8.42. The standard InChI is InChI=1S/C25H27FN2O4/c1-2-27(22(29)14-15-23(30)31)24-18-6-3-4-8-20(18)28(21-9-5-7-19(21)24)25(32)16-10-12-17(26)13-11-16/h3-4,6,8,10-13,19,21,24H,2,5,7,9,14-15H2,1H3,(H,30,31)/t19-,21+,24-/m0/s1. The molecule has 3 atom stereocenters. The van der Waals surface area contributed by atoms with Crippen molar-refractivity contribution in [2.45, 2.75) is 51.1 Å². The van der Waals surface area contributed by atoms with E-state index in [1.807, 2.05) is 36.1 Å². The van der Waals surface area contributed by atoms with Crippen LogP contribution in [-0.2, 0) is 9.59 Å². The van der Waals surface area contributed by atoms with E-state index in [0.717, 1.165) is 30.5 Å². The van der Waals surface area contributed by atoms with Crippen LogP contribution in [0.25, 0.3) is 0 Å². The molecule has 7 heteroatoms. The Morgan fingerprint density at radius 2 is 1.78 bits per heavy atom. The Hall–Kier alpha value is -3.22. The fourth-order valence-electron chi connectivity index (χ4n) is 5.30. The van der Waals surface area contributed by atoms with Crippen LogP contribution >= 0.6 is 0 Å². The Morgan fingerprint density at radius 1 is 1.06 bits per heavy atom. The summed E-state index contributed by atoms with van der Waals surface area (Å²) in [5.41, 5.74) is 2.09. The minimum absolute atomic E-state index is 0.0442. The largest absolute Gasteiger partial charge is 0.481 e. The number of nitrogens with zero attached hydrogens (tertiary/aromatic N) is 2. The van der Waals surface area contributed by atoms with Crippen molar-refractivity contribution in [2.24, 2.45) is 5.92 Å². The number of hydrogen-bond donors (Lipinski definition) is 1. The van der Waals surface area contributed by atoms with Gasteiger partial charge in [-0.2, -0.15) is 0 Å². The van der Waals surface area contributed by atoms with Gasteiger partial charge in [0.15, 0.2) is 0 Å². The Morgan fingerprint density at radius 3 is 2.47 bits per heavy atom. The van der Waals surface area contributed by atoms with E-state index < -0.39 is 11.8 Å². The zero-order valence-electron chi connectivity index (χ0n) is 18.0. The van der Waals surface area contributed by atoms with Crippen LogP contribution in [-0.4, -0.2) is 40.4 Å². The summed E-state index contributed by atoms with van der Waals surface area (Å²) >= 11 is 0. The Labute approximate surface area is 186 Å². The third-order valence-corrected chi connectivity index (χ3v) is 6.64. The third-order valence-electron chi connectivity index (χ3n) is 6.64. The van der Waals surface area contributed by atoms with Crippen molar-refractivity contribution in [3.63, 3.8) is 0 Å². The highest BCUT2D eigenvalue weighted by atomic mass is 19.1. The summed E-state index contributed by atoms with van der Waals surface area (Å²) in [6.07, 6.45) is 2.39. The highest BCUT2D eigenvalue weighted by molar-refractivity contribution is 6.07. The maximum absolute atomic E-state index is 13.5. The van der Waals surface area contributed by atoms with E-state index in [1.165, 1.54) is 24.3 Å². The van der Waals surface area contributed by atoms with Crippen LogP contribution in [0.5, 0.6) is 0 Å². The molecule has 0 spiro atoms. The molecule has 6 nitrogen and oxygen atoms in total. The average Bonchev–Trinajstić information content (AvgIpc) is 3.27. The molecule has 4 rings (SSSR count). The molecule has 0 aromatic heterocycles. The van der Waals surface area contributed by atoms with Crippen molar-refractivity contribution in [1.82, 2.24) is 4.90 Å². The average molecular weight is 438 g/mol. The third kappa shape index (κ3) is 3.99. The van der Waals surface area contributed by atoms with Crippen LogP contribution in [0.2, 0.25) is 0 Å². The maximum atomic E-state index is 13.5. The van der Waals surface area contributed by atoms with Crippen molar-refractivity contribution < 1.29 is 23.9 Å². The number of para-hydroxylation sites is 1. The van der Waals surface area contributed by atoms with Gasteiger partial charge in [0.25, 0.3) is 5.91 Å². The molecule has 0 bridgehead atoms. The number of fused-ring (bicyclic) bond motifs is 2. The smallest absolute Gasteiger partial charge is 0.303 e. The molecule has 2 aliphatic rings. The zero-order chi connectivity index (χ0) is 22.8. The van der Waals surface area contributed by atoms with Crippen LogP contribution in [0.4, 0.5) is 10.1 Å². The van der Waals surface area contributed by atoms with Crippen LogP contribution in [0, 0.1) is 11.7 Å². The number of carbonyl (C=O) groups excluding carboxylic acids is 2. The first-order valence-electron chi connectivity index (χ1n) is 11.1. The lowest BCUT2D eigenvalue weighted by molar-refractivity contribution is -0.142. The van der Waals surface area contributed by atoms with Gasteiger partial charge in [-0.25, -0.2) is 4.39 Å².